The summed E-state index contributed by atoms with van der Waals surface area (Å²) in [7, 11) is 3.29. The maximum Gasteiger partial charge on any atom is 0.161 e. The highest BCUT2D eigenvalue weighted by molar-refractivity contribution is 5.72. The summed E-state index contributed by atoms with van der Waals surface area (Å²) >= 11 is 0. The van der Waals surface area contributed by atoms with Gasteiger partial charge in [-0.3, -0.25) is 0 Å². The second-order valence-electron chi connectivity index (χ2n) is 9.04. The molecular formula is C30H29N5O2. The first-order chi connectivity index (χ1) is 18.2. The van der Waals surface area contributed by atoms with Gasteiger partial charge in [0.1, 0.15) is 5.82 Å². The zero-order chi connectivity index (χ0) is 25.2. The SMILES string of the molecule is COc1ccc(-c2cc3nc(-c4ccccc4)cc(N4CCN(c5ccccc5)CC4)n3n2)cc1OC. The van der Waals surface area contributed by atoms with Crippen molar-refractivity contribution in [2.45, 2.75) is 0 Å². The third-order valence-corrected chi connectivity index (χ3v) is 6.88. The van der Waals surface area contributed by atoms with Gasteiger partial charge in [-0.1, -0.05) is 48.5 Å². The molecule has 0 bridgehead atoms. The quantitative estimate of drug-likeness (QED) is 0.317. The Bertz CT molecular complexity index is 1510. The molecule has 5 aromatic rings. The number of methoxy groups -OCH3 is 2. The first-order valence-corrected chi connectivity index (χ1v) is 12.5. The molecule has 1 fully saturated rings. The minimum absolute atomic E-state index is 0.673. The van der Waals surface area contributed by atoms with Crippen LogP contribution >= 0.6 is 0 Å². The fraction of sp³-hybridized carbons (Fsp3) is 0.200. The lowest BCUT2D eigenvalue weighted by Crippen LogP contribution is -2.47. The Morgan fingerprint density at radius 3 is 2.00 bits per heavy atom. The van der Waals surface area contributed by atoms with Crippen LogP contribution in [0.3, 0.4) is 0 Å². The van der Waals surface area contributed by atoms with Crippen LogP contribution in [0.5, 0.6) is 11.5 Å². The molecule has 7 nitrogen and oxygen atoms in total. The molecule has 1 saturated heterocycles. The van der Waals surface area contributed by atoms with Gasteiger partial charge >= 0.3 is 0 Å². The predicted molar refractivity (Wildman–Crippen MR) is 148 cm³/mol. The number of benzene rings is 3. The first kappa shape index (κ1) is 22.9. The minimum atomic E-state index is 0.673. The van der Waals surface area contributed by atoms with Gasteiger partial charge in [-0.15, -0.1) is 0 Å². The van der Waals surface area contributed by atoms with Gasteiger partial charge in [0.2, 0.25) is 0 Å². The Hall–Kier alpha value is -4.52. The summed E-state index contributed by atoms with van der Waals surface area (Å²) in [5, 5.41) is 5.00. The third-order valence-electron chi connectivity index (χ3n) is 6.88. The Labute approximate surface area is 216 Å². The lowest BCUT2D eigenvalue weighted by atomic mass is 10.1. The van der Waals surface area contributed by atoms with Crippen molar-refractivity contribution in [1.29, 1.82) is 0 Å². The summed E-state index contributed by atoms with van der Waals surface area (Å²) in [5.41, 5.74) is 5.89. The van der Waals surface area contributed by atoms with Crippen LogP contribution in [0.15, 0.2) is 91.0 Å². The number of nitrogens with zero attached hydrogens (tertiary/aromatic N) is 5. The molecule has 0 N–H and O–H groups in total. The maximum absolute atomic E-state index is 5.53. The number of aromatic nitrogens is 3. The summed E-state index contributed by atoms with van der Waals surface area (Å²) < 4.78 is 12.9. The van der Waals surface area contributed by atoms with E-state index in [9.17, 15) is 0 Å². The van der Waals surface area contributed by atoms with Crippen molar-refractivity contribution in [2.75, 3.05) is 50.2 Å². The lowest BCUT2D eigenvalue weighted by Gasteiger charge is -2.37. The number of ether oxygens (including phenoxy) is 2. The van der Waals surface area contributed by atoms with Crippen LogP contribution in [0.1, 0.15) is 0 Å². The van der Waals surface area contributed by atoms with Crippen molar-refractivity contribution < 1.29 is 9.47 Å². The van der Waals surface area contributed by atoms with E-state index in [-0.39, 0.29) is 0 Å². The number of anilines is 2. The minimum Gasteiger partial charge on any atom is -0.493 e. The van der Waals surface area contributed by atoms with E-state index in [2.05, 4.69) is 58.3 Å². The molecule has 0 amide bonds. The van der Waals surface area contributed by atoms with Gasteiger partial charge in [-0.05, 0) is 30.3 Å². The molecule has 3 heterocycles. The molecule has 0 unspecified atom stereocenters. The monoisotopic (exact) mass is 491 g/mol. The van der Waals surface area contributed by atoms with Gasteiger partial charge in [0, 0.05) is 55.1 Å². The van der Waals surface area contributed by atoms with Gasteiger partial charge in [0.25, 0.3) is 0 Å². The van der Waals surface area contributed by atoms with Crippen molar-refractivity contribution in [3.05, 3.63) is 91.0 Å². The van der Waals surface area contributed by atoms with Crippen LogP contribution in [0.2, 0.25) is 0 Å². The highest BCUT2D eigenvalue weighted by Gasteiger charge is 2.22. The topological polar surface area (TPSA) is 55.1 Å². The average Bonchev–Trinajstić information content (AvgIpc) is 3.42. The maximum atomic E-state index is 5.53. The van der Waals surface area contributed by atoms with Crippen LogP contribution in [0.4, 0.5) is 11.5 Å². The number of hydrogen-bond donors (Lipinski definition) is 0. The molecule has 186 valence electrons. The van der Waals surface area contributed by atoms with Crippen molar-refractivity contribution in [3.8, 4) is 34.0 Å². The average molecular weight is 492 g/mol. The summed E-state index contributed by atoms with van der Waals surface area (Å²) in [4.78, 5) is 9.84. The molecule has 0 atom stereocenters. The number of rotatable bonds is 6. The summed E-state index contributed by atoms with van der Waals surface area (Å²) in [5.74, 6) is 2.41. The molecule has 0 aliphatic carbocycles. The van der Waals surface area contributed by atoms with Crippen LogP contribution in [0.25, 0.3) is 28.2 Å². The molecule has 37 heavy (non-hydrogen) atoms. The smallest absolute Gasteiger partial charge is 0.161 e. The van der Waals surface area contributed by atoms with E-state index in [1.165, 1.54) is 5.69 Å². The standard InChI is InChI=1S/C30H29N5O2/c1-36-27-14-13-23(19-28(27)37-2)26-20-29-31-25(22-9-5-3-6-10-22)21-30(35(29)32-26)34-17-15-33(16-18-34)24-11-7-4-8-12-24/h3-14,19-21H,15-18H2,1-2H3. The second-order valence-corrected chi connectivity index (χ2v) is 9.04. The molecule has 1 aliphatic rings. The van der Waals surface area contributed by atoms with Gasteiger partial charge in [-0.25, -0.2) is 4.98 Å². The van der Waals surface area contributed by atoms with Crippen molar-refractivity contribution >= 4 is 17.2 Å². The molecular weight excluding hydrogens is 462 g/mol. The van der Waals surface area contributed by atoms with Crippen LogP contribution < -0.4 is 19.3 Å². The molecule has 3 aromatic carbocycles. The molecule has 1 aliphatic heterocycles. The van der Waals surface area contributed by atoms with Crippen molar-refractivity contribution in [2.24, 2.45) is 0 Å². The Morgan fingerprint density at radius 1 is 0.622 bits per heavy atom. The molecule has 7 heteroatoms. The zero-order valence-corrected chi connectivity index (χ0v) is 21.0. The number of hydrogen-bond acceptors (Lipinski definition) is 6. The number of fused-ring (bicyclic) bond motifs is 1. The number of piperazine rings is 1. The second kappa shape index (κ2) is 9.85. The molecule has 0 saturated carbocycles. The van der Waals surface area contributed by atoms with E-state index in [1.807, 2.05) is 47.0 Å². The predicted octanol–water partition coefficient (Wildman–Crippen LogP) is 5.41. The first-order valence-electron chi connectivity index (χ1n) is 12.5. The molecule has 6 rings (SSSR count). The van der Waals surface area contributed by atoms with Gasteiger partial charge in [0.05, 0.1) is 25.6 Å². The van der Waals surface area contributed by atoms with Crippen molar-refractivity contribution in [1.82, 2.24) is 14.6 Å². The largest absolute Gasteiger partial charge is 0.493 e. The van der Waals surface area contributed by atoms with E-state index in [1.54, 1.807) is 14.2 Å². The number of para-hydroxylation sites is 1. The fourth-order valence-electron chi connectivity index (χ4n) is 4.91. The zero-order valence-electron chi connectivity index (χ0n) is 21.0. The van der Waals surface area contributed by atoms with Crippen molar-refractivity contribution in [3.63, 3.8) is 0 Å². The van der Waals surface area contributed by atoms with E-state index >= 15 is 0 Å². The highest BCUT2D eigenvalue weighted by atomic mass is 16.5. The summed E-state index contributed by atoms with van der Waals surface area (Å²) in [6.45, 7) is 3.68. The van der Waals surface area contributed by atoms with E-state index in [4.69, 9.17) is 19.6 Å². The normalized spacial score (nSPS) is 13.7. The fourth-order valence-corrected chi connectivity index (χ4v) is 4.91. The summed E-state index contributed by atoms with van der Waals surface area (Å²) in [6, 6.07) is 31.0. The van der Waals surface area contributed by atoms with E-state index in [0.29, 0.717) is 11.5 Å². The highest BCUT2D eigenvalue weighted by Crippen LogP contribution is 2.33. The van der Waals surface area contributed by atoms with Crippen LogP contribution in [-0.2, 0) is 0 Å². The summed E-state index contributed by atoms with van der Waals surface area (Å²) in [6.07, 6.45) is 0. The Morgan fingerprint density at radius 2 is 1.30 bits per heavy atom. The van der Waals surface area contributed by atoms with Gasteiger partial charge in [-0.2, -0.15) is 9.61 Å². The molecule has 0 spiro atoms. The molecule has 2 aromatic heterocycles. The Kier molecular flexibility index (Phi) is 6.10. The van der Waals surface area contributed by atoms with Gasteiger partial charge in [0.15, 0.2) is 17.1 Å². The lowest BCUT2D eigenvalue weighted by molar-refractivity contribution is 0.355. The van der Waals surface area contributed by atoms with Crippen LogP contribution in [0, 0.1) is 0 Å². The van der Waals surface area contributed by atoms with Gasteiger partial charge < -0.3 is 19.3 Å². The third kappa shape index (κ3) is 4.44. The van der Waals surface area contributed by atoms with E-state index in [0.717, 1.165) is 60.2 Å². The van der Waals surface area contributed by atoms with Crippen LogP contribution in [-0.4, -0.2) is 55.0 Å². The molecule has 0 radical (unpaired) electrons. The van der Waals surface area contributed by atoms with E-state index < -0.39 is 0 Å². The Balaban J connectivity index is 1.40.